The highest BCUT2D eigenvalue weighted by Crippen LogP contribution is 2.45. The number of alkyl halides is 5. The molecule has 3 aromatic rings. The van der Waals surface area contributed by atoms with Gasteiger partial charge in [0.1, 0.15) is 5.82 Å². The summed E-state index contributed by atoms with van der Waals surface area (Å²) >= 11 is 5.84. The normalized spacial score (nSPS) is 16.2. The second-order valence-corrected chi connectivity index (χ2v) is 9.99. The maximum absolute atomic E-state index is 14.4. The van der Waals surface area contributed by atoms with E-state index in [9.17, 15) is 36.2 Å². The van der Waals surface area contributed by atoms with Crippen molar-refractivity contribution in [3.8, 4) is 22.8 Å². The van der Waals surface area contributed by atoms with E-state index in [1.54, 1.807) is 0 Å². The van der Waals surface area contributed by atoms with Crippen molar-refractivity contribution in [2.45, 2.75) is 50.3 Å². The van der Waals surface area contributed by atoms with Gasteiger partial charge in [0.05, 0.1) is 16.4 Å². The van der Waals surface area contributed by atoms with Gasteiger partial charge < -0.3 is 20.3 Å². The number of pyridine rings is 1. The first-order valence-electron chi connectivity index (χ1n) is 11.4. The molecular weight excluding hydrogens is 554 g/mol. The van der Waals surface area contributed by atoms with Gasteiger partial charge in [0, 0.05) is 23.1 Å². The predicted octanol–water partition coefficient (Wildman–Crippen LogP) is 6.47. The van der Waals surface area contributed by atoms with Crippen molar-refractivity contribution in [2.24, 2.45) is 5.73 Å². The summed E-state index contributed by atoms with van der Waals surface area (Å²) in [5, 5.41) is 10.7. The number of hydrogen-bond donors (Lipinski definition) is 2. The molecule has 1 aliphatic rings. The molecule has 208 valence electrons. The zero-order valence-corrected chi connectivity index (χ0v) is 21.1. The summed E-state index contributed by atoms with van der Waals surface area (Å²) in [5.74, 6) is -2.45. The van der Waals surface area contributed by atoms with Crippen molar-refractivity contribution in [3.63, 3.8) is 0 Å². The predicted molar refractivity (Wildman–Crippen MR) is 128 cm³/mol. The number of carbonyl (C=O) groups is 1. The van der Waals surface area contributed by atoms with Crippen molar-refractivity contribution in [3.05, 3.63) is 76.2 Å². The molecule has 1 atom stereocenters. The molecule has 0 saturated heterocycles. The quantitative estimate of drug-likeness (QED) is 0.248. The number of hydrogen-bond acceptors (Lipinski definition) is 6. The Morgan fingerprint density at radius 3 is 2.33 bits per heavy atom. The van der Waals surface area contributed by atoms with E-state index in [2.05, 4.69) is 14.5 Å². The van der Waals surface area contributed by atoms with E-state index in [1.165, 1.54) is 26.0 Å². The molecular formula is C26H21ClF6N2O4. The van der Waals surface area contributed by atoms with Crippen LogP contribution in [0.3, 0.4) is 0 Å². The van der Waals surface area contributed by atoms with Crippen molar-refractivity contribution < 1.29 is 45.7 Å². The van der Waals surface area contributed by atoms with Crippen LogP contribution < -0.4 is 15.2 Å². The summed E-state index contributed by atoms with van der Waals surface area (Å²) in [5.41, 5.74) is 0.494. The van der Waals surface area contributed by atoms with Crippen LogP contribution in [0.15, 0.2) is 48.5 Å². The fraction of sp³-hybridized carbons (Fsp3) is 0.308. The minimum absolute atomic E-state index is 0.0753. The molecule has 1 unspecified atom stereocenters. The molecule has 0 bridgehead atoms. The molecule has 39 heavy (non-hydrogen) atoms. The Labute approximate surface area is 223 Å². The van der Waals surface area contributed by atoms with Gasteiger partial charge in [-0.2, -0.15) is 13.2 Å². The average Bonchev–Trinajstić information content (AvgIpc) is 3.15. The number of fused-ring (bicyclic) bond motifs is 1. The number of benzene rings is 2. The Bertz CT molecular complexity index is 1440. The first-order chi connectivity index (χ1) is 17.9. The van der Waals surface area contributed by atoms with E-state index < -0.39 is 59.5 Å². The average molecular weight is 575 g/mol. The van der Waals surface area contributed by atoms with Gasteiger partial charge in [0.2, 0.25) is 5.60 Å². The maximum atomic E-state index is 14.4. The number of Topliss-reactive ketones (excluding diaryl/α,β-unsaturated/α-hetero) is 1. The minimum Gasteiger partial charge on any atom is -0.395 e. The van der Waals surface area contributed by atoms with Gasteiger partial charge in [-0.05, 0) is 74.4 Å². The van der Waals surface area contributed by atoms with Crippen LogP contribution in [0.2, 0.25) is 5.02 Å². The molecule has 1 aromatic heterocycles. The van der Waals surface area contributed by atoms with Crippen molar-refractivity contribution in [2.75, 3.05) is 0 Å². The summed E-state index contributed by atoms with van der Waals surface area (Å²) < 4.78 is 91.9. The van der Waals surface area contributed by atoms with Crippen LogP contribution in [0, 0.1) is 5.82 Å². The Hall–Kier alpha value is -3.35. The maximum Gasteiger partial charge on any atom is 0.586 e. The van der Waals surface area contributed by atoms with Gasteiger partial charge in [-0.15, -0.1) is 8.78 Å². The second-order valence-electron chi connectivity index (χ2n) is 9.59. The van der Waals surface area contributed by atoms with Gasteiger partial charge >= 0.3 is 12.5 Å². The lowest BCUT2D eigenvalue weighted by Gasteiger charge is -2.32. The SMILES string of the molecule is CC(C)(N)c1cc(-c2ccc(F)c(Cl)c2)nc(C(O)(CCC(=O)c2ccc3c(c2)OC(F)(F)O3)C(F)(F)F)c1. The molecule has 4 rings (SSSR count). The summed E-state index contributed by atoms with van der Waals surface area (Å²) in [6.07, 6.45) is -11.3. The summed E-state index contributed by atoms with van der Waals surface area (Å²) in [6.45, 7) is 3.04. The topological polar surface area (TPSA) is 94.7 Å². The number of rotatable bonds is 7. The molecule has 0 amide bonds. The van der Waals surface area contributed by atoms with Crippen LogP contribution in [-0.4, -0.2) is 28.3 Å². The molecule has 0 radical (unpaired) electrons. The van der Waals surface area contributed by atoms with Crippen LogP contribution in [0.1, 0.15) is 48.3 Å². The summed E-state index contributed by atoms with van der Waals surface area (Å²) in [7, 11) is 0. The Kier molecular flexibility index (Phi) is 7.12. The first kappa shape index (κ1) is 28.7. The lowest BCUT2D eigenvalue weighted by Crippen LogP contribution is -2.44. The molecule has 6 nitrogen and oxygen atoms in total. The Balaban J connectivity index is 1.71. The highest BCUT2D eigenvalue weighted by Gasteiger charge is 2.56. The van der Waals surface area contributed by atoms with E-state index >= 15 is 0 Å². The lowest BCUT2D eigenvalue weighted by atomic mass is 9.86. The van der Waals surface area contributed by atoms with Crippen LogP contribution in [0.5, 0.6) is 11.5 Å². The van der Waals surface area contributed by atoms with E-state index in [-0.39, 0.29) is 33.2 Å². The van der Waals surface area contributed by atoms with E-state index in [4.69, 9.17) is 17.3 Å². The molecule has 2 heterocycles. The fourth-order valence-electron chi connectivity index (χ4n) is 3.89. The van der Waals surface area contributed by atoms with E-state index in [1.807, 2.05) is 0 Å². The number of nitrogens with zero attached hydrogens (tertiary/aromatic N) is 1. The van der Waals surface area contributed by atoms with Gasteiger partial charge in [-0.1, -0.05) is 11.6 Å². The van der Waals surface area contributed by atoms with E-state index in [0.29, 0.717) is 0 Å². The van der Waals surface area contributed by atoms with Crippen molar-refractivity contribution in [1.82, 2.24) is 4.98 Å². The molecule has 0 saturated carbocycles. The van der Waals surface area contributed by atoms with Crippen LogP contribution in [-0.2, 0) is 11.1 Å². The zero-order chi connectivity index (χ0) is 29.0. The van der Waals surface area contributed by atoms with Gasteiger partial charge in [0.25, 0.3) is 0 Å². The standard InChI is InChI=1S/C26H21ClF6N2O4/c1-23(2,34)15-11-18(13-3-5-17(28)16(27)9-13)35-22(12-15)24(37,25(29,30)31)8-7-19(36)14-4-6-20-21(10-14)39-26(32,33)38-20/h3-6,9-12,37H,7-8,34H2,1-2H3. The molecule has 13 heteroatoms. The number of ketones is 1. The van der Waals surface area contributed by atoms with Gasteiger partial charge in [-0.3, -0.25) is 4.79 Å². The third-order valence-electron chi connectivity index (χ3n) is 6.11. The molecule has 2 aromatic carbocycles. The van der Waals surface area contributed by atoms with Crippen molar-refractivity contribution >= 4 is 17.4 Å². The first-order valence-corrected chi connectivity index (χ1v) is 11.8. The Morgan fingerprint density at radius 1 is 1.05 bits per heavy atom. The highest BCUT2D eigenvalue weighted by atomic mass is 35.5. The molecule has 0 fully saturated rings. The van der Waals surface area contributed by atoms with Gasteiger partial charge in [0.15, 0.2) is 17.3 Å². The van der Waals surface area contributed by atoms with Crippen molar-refractivity contribution in [1.29, 1.82) is 0 Å². The van der Waals surface area contributed by atoms with Crippen LogP contribution in [0.25, 0.3) is 11.3 Å². The number of halogens is 7. The number of aliphatic hydroxyl groups is 1. The van der Waals surface area contributed by atoms with E-state index in [0.717, 1.165) is 36.4 Å². The lowest BCUT2D eigenvalue weighted by molar-refractivity contribution is -0.286. The molecule has 0 aliphatic carbocycles. The Morgan fingerprint density at radius 2 is 1.72 bits per heavy atom. The molecule has 0 spiro atoms. The molecule has 1 aliphatic heterocycles. The zero-order valence-electron chi connectivity index (χ0n) is 20.4. The largest absolute Gasteiger partial charge is 0.586 e. The number of ether oxygens (including phenoxy) is 2. The molecule has 3 N–H and O–H groups in total. The number of aromatic nitrogens is 1. The summed E-state index contributed by atoms with van der Waals surface area (Å²) in [6, 6.07) is 8.81. The van der Waals surface area contributed by atoms with Gasteiger partial charge in [-0.25, -0.2) is 9.37 Å². The smallest absolute Gasteiger partial charge is 0.395 e. The second kappa shape index (κ2) is 9.68. The number of carbonyl (C=O) groups excluding carboxylic acids is 1. The number of nitrogens with two attached hydrogens (primary N) is 1. The highest BCUT2D eigenvalue weighted by molar-refractivity contribution is 6.31. The third-order valence-corrected chi connectivity index (χ3v) is 6.40. The third kappa shape index (κ3) is 5.82. The van der Waals surface area contributed by atoms with Crippen LogP contribution in [0.4, 0.5) is 26.3 Å². The minimum atomic E-state index is -5.30. The summed E-state index contributed by atoms with van der Waals surface area (Å²) in [4.78, 5) is 16.7. The van der Waals surface area contributed by atoms with Crippen LogP contribution >= 0.6 is 11.6 Å². The monoisotopic (exact) mass is 574 g/mol. The fourth-order valence-corrected chi connectivity index (χ4v) is 4.07.